The van der Waals surface area contributed by atoms with Crippen LogP contribution < -0.4 is 5.32 Å². The second-order valence-corrected chi connectivity index (χ2v) is 7.01. The first-order chi connectivity index (χ1) is 12.8. The average Bonchev–Trinajstić information content (AvgIpc) is 2.62. The predicted molar refractivity (Wildman–Crippen MR) is 97.4 cm³/mol. The zero-order valence-corrected chi connectivity index (χ0v) is 15.0. The predicted octanol–water partition coefficient (Wildman–Crippen LogP) is 4.31. The Labute approximate surface area is 156 Å². The van der Waals surface area contributed by atoms with Gasteiger partial charge in [-0.25, -0.2) is 8.78 Å². The van der Waals surface area contributed by atoms with Crippen molar-refractivity contribution in [3.63, 3.8) is 0 Å². The van der Waals surface area contributed by atoms with E-state index in [1.165, 1.54) is 30.3 Å². The van der Waals surface area contributed by atoms with Gasteiger partial charge in [0.25, 0.3) is 5.91 Å². The van der Waals surface area contributed by atoms with Crippen LogP contribution in [0.4, 0.5) is 8.78 Å². The maximum atomic E-state index is 14.6. The number of carbonyl (C=O) groups excluding carboxylic acids is 1. The van der Waals surface area contributed by atoms with Crippen LogP contribution in [0.3, 0.4) is 0 Å². The molecule has 142 valence electrons. The normalized spacial score (nSPS) is 19.5. The highest BCUT2D eigenvalue weighted by Gasteiger charge is 2.27. The molecular formula is C21H21F2NO3. The third-order valence-electron chi connectivity index (χ3n) is 5.12. The van der Waals surface area contributed by atoms with Gasteiger partial charge in [0.05, 0.1) is 5.92 Å². The second-order valence-electron chi connectivity index (χ2n) is 7.01. The summed E-state index contributed by atoms with van der Waals surface area (Å²) in [6.45, 7) is 1.70. The lowest BCUT2D eigenvalue weighted by Crippen LogP contribution is -2.38. The van der Waals surface area contributed by atoms with Gasteiger partial charge in [0, 0.05) is 17.2 Å². The first-order valence-electron chi connectivity index (χ1n) is 8.95. The number of carboxylic acids is 1. The van der Waals surface area contributed by atoms with Gasteiger partial charge >= 0.3 is 5.97 Å². The SMILES string of the molecule is Cc1cc(F)ccc1-c1ccc(C(=O)NC2CCC(C(=O)O)CC2)cc1F. The summed E-state index contributed by atoms with van der Waals surface area (Å²) in [5.41, 5.74) is 1.71. The fourth-order valence-electron chi connectivity index (χ4n) is 3.56. The number of aliphatic carboxylic acids is 1. The lowest BCUT2D eigenvalue weighted by molar-refractivity contribution is -0.142. The fraction of sp³-hybridized carbons (Fsp3) is 0.333. The molecule has 1 fully saturated rings. The molecule has 27 heavy (non-hydrogen) atoms. The number of carboxylic acid groups (broad SMARTS) is 1. The van der Waals surface area contributed by atoms with Crippen LogP contribution in [-0.2, 0) is 4.79 Å². The topological polar surface area (TPSA) is 66.4 Å². The Hall–Kier alpha value is -2.76. The van der Waals surface area contributed by atoms with Gasteiger partial charge in [-0.3, -0.25) is 9.59 Å². The Kier molecular flexibility index (Phi) is 5.54. The van der Waals surface area contributed by atoms with E-state index in [0.29, 0.717) is 42.4 Å². The number of hydrogen-bond donors (Lipinski definition) is 2. The van der Waals surface area contributed by atoms with Crippen LogP contribution in [0.15, 0.2) is 36.4 Å². The van der Waals surface area contributed by atoms with Crippen molar-refractivity contribution in [2.24, 2.45) is 5.92 Å². The van der Waals surface area contributed by atoms with Gasteiger partial charge in [-0.1, -0.05) is 12.1 Å². The highest BCUT2D eigenvalue weighted by Crippen LogP contribution is 2.28. The number of hydrogen-bond acceptors (Lipinski definition) is 2. The molecule has 2 N–H and O–H groups in total. The fourth-order valence-corrected chi connectivity index (χ4v) is 3.56. The summed E-state index contributed by atoms with van der Waals surface area (Å²) in [6.07, 6.45) is 2.24. The van der Waals surface area contributed by atoms with E-state index in [9.17, 15) is 18.4 Å². The smallest absolute Gasteiger partial charge is 0.306 e. The molecule has 0 unspecified atom stereocenters. The third kappa shape index (κ3) is 4.32. The Bertz CT molecular complexity index is 874. The van der Waals surface area contributed by atoms with Crippen molar-refractivity contribution in [1.29, 1.82) is 0 Å². The molecule has 0 aromatic heterocycles. The molecular weight excluding hydrogens is 352 g/mol. The first-order valence-corrected chi connectivity index (χ1v) is 8.95. The molecule has 1 saturated carbocycles. The number of carbonyl (C=O) groups is 2. The van der Waals surface area contributed by atoms with Crippen LogP contribution in [0.2, 0.25) is 0 Å². The maximum absolute atomic E-state index is 14.6. The van der Waals surface area contributed by atoms with Crippen LogP contribution in [0, 0.1) is 24.5 Å². The van der Waals surface area contributed by atoms with Gasteiger partial charge in [0.1, 0.15) is 11.6 Å². The molecule has 0 saturated heterocycles. The summed E-state index contributed by atoms with van der Waals surface area (Å²) in [6, 6.07) is 8.26. The van der Waals surface area contributed by atoms with Gasteiger partial charge in [-0.2, -0.15) is 0 Å². The van der Waals surface area contributed by atoms with E-state index in [2.05, 4.69) is 5.32 Å². The molecule has 0 radical (unpaired) electrons. The molecule has 0 bridgehead atoms. The van der Waals surface area contributed by atoms with Crippen LogP contribution in [0.25, 0.3) is 11.1 Å². The van der Waals surface area contributed by atoms with Crippen LogP contribution in [0.1, 0.15) is 41.6 Å². The largest absolute Gasteiger partial charge is 0.481 e. The number of nitrogens with one attached hydrogen (secondary N) is 1. The molecule has 2 aromatic carbocycles. The van der Waals surface area contributed by atoms with E-state index in [-0.39, 0.29) is 29.2 Å². The molecule has 2 aromatic rings. The minimum Gasteiger partial charge on any atom is -0.481 e. The summed E-state index contributed by atoms with van der Waals surface area (Å²) in [5.74, 6) is -2.46. The van der Waals surface area contributed by atoms with E-state index in [1.807, 2.05) is 0 Å². The number of halogens is 2. The lowest BCUT2D eigenvalue weighted by atomic mass is 9.86. The molecule has 1 amide bonds. The highest BCUT2D eigenvalue weighted by atomic mass is 19.1. The summed E-state index contributed by atoms with van der Waals surface area (Å²) in [7, 11) is 0. The standard InChI is InChI=1S/C21H21F2NO3/c1-12-10-15(22)5-9-17(12)18-8-4-14(11-19(18)23)20(25)24-16-6-2-13(3-7-16)21(26)27/h4-5,8-11,13,16H,2-3,6-7H2,1H3,(H,24,25)(H,26,27). The summed E-state index contributed by atoms with van der Waals surface area (Å²) in [5, 5.41) is 11.9. The van der Waals surface area contributed by atoms with Crippen molar-refractivity contribution < 1.29 is 23.5 Å². The van der Waals surface area contributed by atoms with E-state index in [4.69, 9.17) is 5.11 Å². The molecule has 0 spiro atoms. The van der Waals surface area contributed by atoms with Crippen LogP contribution in [-0.4, -0.2) is 23.0 Å². The lowest BCUT2D eigenvalue weighted by Gasteiger charge is -2.26. The van der Waals surface area contributed by atoms with Crippen LogP contribution >= 0.6 is 0 Å². The van der Waals surface area contributed by atoms with Crippen LogP contribution in [0.5, 0.6) is 0 Å². The Morgan fingerprint density at radius 3 is 2.26 bits per heavy atom. The van der Waals surface area contributed by atoms with Crippen molar-refractivity contribution in [3.05, 3.63) is 59.2 Å². The second kappa shape index (κ2) is 7.86. The molecule has 4 nitrogen and oxygen atoms in total. The van der Waals surface area contributed by atoms with Crippen molar-refractivity contribution >= 4 is 11.9 Å². The summed E-state index contributed by atoms with van der Waals surface area (Å²) in [4.78, 5) is 23.4. The van der Waals surface area contributed by atoms with E-state index >= 15 is 0 Å². The molecule has 0 atom stereocenters. The quantitative estimate of drug-likeness (QED) is 0.839. The van der Waals surface area contributed by atoms with Crippen molar-refractivity contribution in [2.45, 2.75) is 38.6 Å². The van der Waals surface area contributed by atoms with Gasteiger partial charge in [0.2, 0.25) is 0 Å². The average molecular weight is 373 g/mol. The number of rotatable bonds is 4. The number of benzene rings is 2. The molecule has 1 aliphatic carbocycles. The monoisotopic (exact) mass is 373 g/mol. The summed E-state index contributed by atoms with van der Waals surface area (Å²) >= 11 is 0. The number of amides is 1. The third-order valence-corrected chi connectivity index (χ3v) is 5.12. The van der Waals surface area contributed by atoms with E-state index in [1.54, 1.807) is 13.0 Å². The Morgan fingerprint density at radius 2 is 1.67 bits per heavy atom. The first kappa shape index (κ1) is 19.0. The van der Waals surface area contributed by atoms with Gasteiger partial charge in [-0.05, 0) is 68.0 Å². The maximum Gasteiger partial charge on any atom is 0.306 e. The Balaban J connectivity index is 1.70. The molecule has 1 aliphatic rings. The Morgan fingerprint density at radius 1 is 1.00 bits per heavy atom. The molecule has 0 aliphatic heterocycles. The zero-order valence-electron chi connectivity index (χ0n) is 15.0. The van der Waals surface area contributed by atoms with Gasteiger partial charge in [-0.15, -0.1) is 0 Å². The van der Waals surface area contributed by atoms with Crippen molar-refractivity contribution in [3.8, 4) is 11.1 Å². The molecule has 0 heterocycles. The van der Waals surface area contributed by atoms with E-state index in [0.717, 1.165) is 0 Å². The number of aryl methyl sites for hydroxylation is 1. The molecule has 3 rings (SSSR count). The highest BCUT2D eigenvalue weighted by molar-refractivity contribution is 5.95. The minimum atomic E-state index is -0.798. The van der Waals surface area contributed by atoms with Gasteiger partial charge < -0.3 is 10.4 Å². The molecule has 6 heteroatoms. The van der Waals surface area contributed by atoms with E-state index < -0.39 is 11.8 Å². The summed E-state index contributed by atoms with van der Waals surface area (Å²) < 4.78 is 27.8. The zero-order chi connectivity index (χ0) is 19.6. The van der Waals surface area contributed by atoms with Gasteiger partial charge in [0.15, 0.2) is 0 Å². The van der Waals surface area contributed by atoms with Crippen molar-refractivity contribution in [2.75, 3.05) is 0 Å². The minimum absolute atomic E-state index is 0.102. The van der Waals surface area contributed by atoms with Crippen molar-refractivity contribution in [1.82, 2.24) is 5.32 Å².